The molecule has 0 fully saturated rings. The summed E-state index contributed by atoms with van der Waals surface area (Å²) in [7, 11) is 0. The van der Waals surface area contributed by atoms with E-state index in [9.17, 15) is 0 Å². The smallest absolute Gasteiger partial charge is 0.185 e. The van der Waals surface area contributed by atoms with Gasteiger partial charge in [-0.05, 0) is 6.42 Å². The highest BCUT2D eigenvalue weighted by molar-refractivity contribution is 7.13. The van der Waals surface area contributed by atoms with Gasteiger partial charge in [0.25, 0.3) is 0 Å². The van der Waals surface area contributed by atoms with Crippen LogP contribution >= 0.6 is 11.3 Å². The molecule has 1 heterocycles. The van der Waals surface area contributed by atoms with E-state index < -0.39 is 0 Å². The van der Waals surface area contributed by atoms with Crippen molar-refractivity contribution < 1.29 is 0 Å². The summed E-state index contributed by atoms with van der Waals surface area (Å²) in [6, 6.07) is 0. The Morgan fingerprint density at radius 1 is 1.62 bits per heavy atom. The number of rotatable bonds is 5. The summed E-state index contributed by atoms with van der Waals surface area (Å²) < 4.78 is 0. The normalized spacial score (nSPS) is 9.54. The number of terminal acetylenes is 1. The maximum atomic E-state index is 5.23. The maximum Gasteiger partial charge on any atom is 0.185 e. The van der Waals surface area contributed by atoms with Gasteiger partial charge in [-0.1, -0.05) is 6.92 Å². The van der Waals surface area contributed by atoms with Gasteiger partial charge in [-0.2, -0.15) is 0 Å². The topological polar surface area (TPSA) is 16.1 Å². The van der Waals surface area contributed by atoms with Crippen LogP contribution in [-0.2, 0) is 0 Å². The summed E-state index contributed by atoms with van der Waals surface area (Å²) >= 11 is 1.67. The Hall–Kier alpha value is -1.01. The van der Waals surface area contributed by atoms with Gasteiger partial charge in [0, 0.05) is 31.1 Å². The van der Waals surface area contributed by atoms with Crippen molar-refractivity contribution >= 4 is 16.5 Å². The molecule has 70 valence electrons. The van der Waals surface area contributed by atoms with Crippen molar-refractivity contribution in [1.29, 1.82) is 0 Å². The van der Waals surface area contributed by atoms with Crippen LogP contribution in [0.5, 0.6) is 0 Å². The van der Waals surface area contributed by atoms with E-state index in [2.05, 4.69) is 22.7 Å². The van der Waals surface area contributed by atoms with Gasteiger partial charge in [0.05, 0.1) is 0 Å². The molecule has 1 aromatic rings. The van der Waals surface area contributed by atoms with Crippen LogP contribution in [0.4, 0.5) is 5.13 Å². The summed E-state index contributed by atoms with van der Waals surface area (Å²) in [6.45, 7) is 4.11. The molecule has 0 saturated heterocycles. The molecule has 13 heavy (non-hydrogen) atoms. The van der Waals surface area contributed by atoms with Crippen molar-refractivity contribution in [1.82, 2.24) is 4.98 Å². The Morgan fingerprint density at radius 2 is 2.46 bits per heavy atom. The number of hydrogen-bond acceptors (Lipinski definition) is 3. The van der Waals surface area contributed by atoms with Crippen molar-refractivity contribution in [2.24, 2.45) is 0 Å². The molecule has 0 amide bonds. The lowest BCUT2D eigenvalue weighted by molar-refractivity contribution is 0.767. The molecule has 0 atom stereocenters. The fourth-order valence-corrected chi connectivity index (χ4v) is 1.84. The van der Waals surface area contributed by atoms with Crippen LogP contribution in [0.25, 0.3) is 0 Å². The van der Waals surface area contributed by atoms with Gasteiger partial charge >= 0.3 is 0 Å². The minimum absolute atomic E-state index is 0.791. The second-order valence-electron chi connectivity index (χ2n) is 2.76. The molecule has 0 aliphatic heterocycles. The molecule has 0 spiro atoms. The average molecular weight is 194 g/mol. The molecule has 0 saturated carbocycles. The number of thiazole rings is 1. The van der Waals surface area contributed by atoms with Gasteiger partial charge < -0.3 is 4.90 Å². The quantitative estimate of drug-likeness (QED) is 0.669. The highest BCUT2D eigenvalue weighted by Gasteiger charge is 2.05. The van der Waals surface area contributed by atoms with Crippen LogP contribution in [0, 0.1) is 12.3 Å². The molecule has 3 heteroatoms. The molecule has 2 nitrogen and oxygen atoms in total. The summed E-state index contributed by atoms with van der Waals surface area (Å²) in [5.74, 6) is 2.65. The first-order valence-electron chi connectivity index (χ1n) is 4.46. The molecule has 0 aliphatic carbocycles. The van der Waals surface area contributed by atoms with E-state index in [1.54, 1.807) is 11.3 Å². The lowest BCUT2D eigenvalue weighted by Crippen LogP contribution is -2.24. The predicted molar refractivity (Wildman–Crippen MR) is 58.1 cm³/mol. The van der Waals surface area contributed by atoms with E-state index in [4.69, 9.17) is 6.42 Å². The highest BCUT2D eigenvalue weighted by atomic mass is 32.1. The summed E-state index contributed by atoms with van der Waals surface area (Å²) in [6.07, 6.45) is 8.98. The monoisotopic (exact) mass is 194 g/mol. The van der Waals surface area contributed by atoms with Gasteiger partial charge in [0.15, 0.2) is 5.13 Å². The first kappa shape index (κ1) is 10.1. The van der Waals surface area contributed by atoms with Crippen molar-refractivity contribution in [3.8, 4) is 12.3 Å². The third kappa shape index (κ3) is 3.08. The zero-order chi connectivity index (χ0) is 9.52. The number of hydrogen-bond donors (Lipinski definition) is 0. The largest absolute Gasteiger partial charge is 0.347 e. The second kappa shape index (κ2) is 5.60. The Kier molecular flexibility index (Phi) is 4.34. The van der Waals surface area contributed by atoms with E-state index >= 15 is 0 Å². The summed E-state index contributed by atoms with van der Waals surface area (Å²) in [4.78, 5) is 6.50. The molecule has 0 radical (unpaired) electrons. The van der Waals surface area contributed by atoms with Gasteiger partial charge in [0.1, 0.15) is 0 Å². The fraction of sp³-hybridized carbons (Fsp3) is 0.500. The van der Waals surface area contributed by atoms with Gasteiger partial charge in [-0.15, -0.1) is 23.7 Å². The van der Waals surface area contributed by atoms with Crippen LogP contribution in [0.15, 0.2) is 11.6 Å². The van der Waals surface area contributed by atoms with Crippen LogP contribution in [0.1, 0.15) is 19.8 Å². The van der Waals surface area contributed by atoms with E-state index in [0.717, 1.165) is 31.1 Å². The third-order valence-electron chi connectivity index (χ3n) is 1.71. The molecule has 0 aliphatic rings. The molecule has 1 aromatic heterocycles. The van der Waals surface area contributed by atoms with Crippen LogP contribution in [0.2, 0.25) is 0 Å². The van der Waals surface area contributed by atoms with Crippen LogP contribution < -0.4 is 4.90 Å². The van der Waals surface area contributed by atoms with E-state index in [1.165, 1.54) is 0 Å². The van der Waals surface area contributed by atoms with Crippen LogP contribution in [0.3, 0.4) is 0 Å². The molecular weight excluding hydrogens is 180 g/mol. The maximum absolute atomic E-state index is 5.23. The predicted octanol–water partition coefficient (Wildman–Crippen LogP) is 2.38. The van der Waals surface area contributed by atoms with E-state index in [1.807, 2.05) is 11.6 Å². The fourth-order valence-electron chi connectivity index (χ4n) is 1.14. The average Bonchev–Trinajstić information content (AvgIpc) is 2.65. The van der Waals surface area contributed by atoms with Crippen LogP contribution in [-0.4, -0.2) is 18.1 Å². The van der Waals surface area contributed by atoms with Crippen molar-refractivity contribution in [3.05, 3.63) is 11.6 Å². The number of anilines is 1. The molecule has 0 unspecified atom stereocenters. The first-order valence-corrected chi connectivity index (χ1v) is 5.34. The Balaban J connectivity index is 2.53. The summed E-state index contributed by atoms with van der Waals surface area (Å²) in [5.41, 5.74) is 0. The standard InChI is InChI=1S/C10H14N2S/c1-3-5-8-12(7-4-2)10-11-6-9-13-10/h1,6,9H,4-5,7-8H2,2H3. The van der Waals surface area contributed by atoms with Crippen molar-refractivity contribution in [2.75, 3.05) is 18.0 Å². The molecule has 0 aromatic carbocycles. The first-order chi connectivity index (χ1) is 6.38. The van der Waals surface area contributed by atoms with Gasteiger partial charge in [-0.25, -0.2) is 4.98 Å². The van der Waals surface area contributed by atoms with Crippen molar-refractivity contribution in [2.45, 2.75) is 19.8 Å². The van der Waals surface area contributed by atoms with E-state index in [-0.39, 0.29) is 0 Å². The SMILES string of the molecule is C#CCCN(CCC)c1nccs1. The minimum Gasteiger partial charge on any atom is -0.347 e. The Morgan fingerprint density at radius 3 is 3.00 bits per heavy atom. The molecule has 1 rings (SSSR count). The minimum atomic E-state index is 0.791. The Labute approximate surface area is 83.6 Å². The zero-order valence-electron chi connectivity index (χ0n) is 7.86. The highest BCUT2D eigenvalue weighted by Crippen LogP contribution is 2.17. The zero-order valence-corrected chi connectivity index (χ0v) is 8.68. The van der Waals surface area contributed by atoms with Gasteiger partial charge in [-0.3, -0.25) is 0 Å². The molecule has 0 N–H and O–H groups in total. The lowest BCUT2D eigenvalue weighted by atomic mass is 10.3. The third-order valence-corrected chi connectivity index (χ3v) is 2.54. The Bertz CT molecular complexity index is 261. The number of aromatic nitrogens is 1. The summed E-state index contributed by atoms with van der Waals surface area (Å²) in [5, 5.41) is 3.07. The molecule has 0 bridgehead atoms. The van der Waals surface area contributed by atoms with Crippen molar-refractivity contribution in [3.63, 3.8) is 0 Å². The number of nitrogens with zero attached hydrogens (tertiary/aromatic N) is 2. The molecular formula is C10H14N2S. The lowest BCUT2D eigenvalue weighted by Gasteiger charge is -2.19. The second-order valence-corrected chi connectivity index (χ2v) is 3.63. The van der Waals surface area contributed by atoms with Gasteiger partial charge in [0.2, 0.25) is 0 Å². The van der Waals surface area contributed by atoms with E-state index in [0.29, 0.717) is 0 Å².